The molecule has 0 heterocycles. The van der Waals surface area contributed by atoms with Gasteiger partial charge in [0.05, 0.1) is 12.2 Å². The minimum Gasteiger partial charge on any atom is -0.508 e. The molecule has 1 aromatic carbocycles. The molecule has 30 heavy (non-hydrogen) atoms. The summed E-state index contributed by atoms with van der Waals surface area (Å²) in [5.74, 6) is -0.0193. The highest BCUT2D eigenvalue weighted by atomic mass is 16.5. The molecule has 172 valence electrons. The Labute approximate surface area is 185 Å². The van der Waals surface area contributed by atoms with Crippen molar-refractivity contribution in [2.24, 2.45) is 0 Å². The van der Waals surface area contributed by atoms with Crippen LogP contribution in [0, 0.1) is 0 Å². The zero-order valence-corrected chi connectivity index (χ0v) is 19.7. The summed E-state index contributed by atoms with van der Waals surface area (Å²) in [6.45, 7) is 4.97. The van der Waals surface area contributed by atoms with Crippen LogP contribution in [-0.2, 0) is 11.2 Å². The van der Waals surface area contributed by atoms with Gasteiger partial charge in [0.2, 0.25) is 0 Å². The molecular weight excluding hydrogens is 372 g/mol. The molecule has 0 unspecified atom stereocenters. The maximum absolute atomic E-state index is 12.5. The highest BCUT2D eigenvalue weighted by Gasteiger charge is 2.13. The van der Waals surface area contributed by atoms with Crippen molar-refractivity contribution in [1.29, 1.82) is 0 Å². The second kappa shape index (κ2) is 18.3. The van der Waals surface area contributed by atoms with Gasteiger partial charge in [-0.15, -0.1) is 0 Å². The molecule has 0 saturated heterocycles. The van der Waals surface area contributed by atoms with Gasteiger partial charge in [-0.1, -0.05) is 104 Å². The van der Waals surface area contributed by atoms with E-state index in [4.69, 9.17) is 4.74 Å². The Balaban J connectivity index is 2.21. The van der Waals surface area contributed by atoms with Gasteiger partial charge >= 0.3 is 5.97 Å². The molecule has 0 amide bonds. The van der Waals surface area contributed by atoms with Crippen LogP contribution in [0.3, 0.4) is 0 Å². The lowest BCUT2D eigenvalue weighted by Gasteiger charge is -2.10. The fourth-order valence-electron chi connectivity index (χ4n) is 3.91. The van der Waals surface area contributed by atoms with E-state index in [9.17, 15) is 9.90 Å². The third kappa shape index (κ3) is 12.9. The quantitative estimate of drug-likeness (QED) is 0.181. The van der Waals surface area contributed by atoms with Gasteiger partial charge in [-0.25, -0.2) is 4.79 Å². The van der Waals surface area contributed by atoms with E-state index in [2.05, 4.69) is 13.8 Å². The van der Waals surface area contributed by atoms with Gasteiger partial charge in [-0.05, 0) is 43.0 Å². The van der Waals surface area contributed by atoms with Gasteiger partial charge in [0, 0.05) is 0 Å². The monoisotopic (exact) mass is 418 g/mol. The first kappa shape index (κ1) is 26.5. The lowest BCUT2D eigenvalue weighted by Crippen LogP contribution is -2.09. The van der Waals surface area contributed by atoms with Crippen LogP contribution in [0.5, 0.6) is 5.75 Å². The fraction of sp³-hybridized carbons (Fsp3) is 0.741. The molecule has 0 aliphatic heterocycles. The van der Waals surface area contributed by atoms with Crippen LogP contribution >= 0.6 is 0 Å². The SMILES string of the molecule is CCCCCCCCCCCCOC(=O)c1ccc(O)cc1CCCCCCCC. The first-order valence-corrected chi connectivity index (χ1v) is 12.7. The smallest absolute Gasteiger partial charge is 0.338 e. The summed E-state index contributed by atoms with van der Waals surface area (Å²) < 4.78 is 5.52. The van der Waals surface area contributed by atoms with Crippen molar-refractivity contribution in [3.63, 3.8) is 0 Å². The van der Waals surface area contributed by atoms with Gasteiger partial charge < -0.3 is 9.84 Å². The Morgan fingerprint density at radius 1 is 0.733 bits per heavy atom. The van der Waals surface area contributed by atoms with Gasteiger partial charge in [-0.2, -0.15) is 0 Å². The number of benzene rings is 1. The summed E-state index contributed by atoms with van der Waals surface area (Å²) in [5.41, 5.74) is 1.53. The van der Waals surface area contributed by atoms with Crippen LogP contribution in [0.4, 0.5) is 0 Å². The van der Waals surface area contributed by atoms with Gasteiger partial charge in [0.1, 0.15) is 5.75 Å². The Hall–Kier alpha value is -1.51. The maximum atomic E-state index is 12.5. The number of esters is 1. The molecule has 0 aromatic heterocycles. The minimum atomic E-state index is -0.244. The van der Waals surface area contributed by atoms with E-state index in [-0.39, 0.29) is 11.7 Å². The molecule has 1 N–H and O–H groups in total. The van der Waals surface area contributed by atoms with Crippen LogP contribution in [0.2, 0.25) is 0 Å². The molecule has 0 atom stereocenters. The number of rotatable bonds is 19. The summed E-state index contributed by atoms with van der Waals surface area (Å²) in [7, 11) is 0. The predicted molar refractivity (Wildman–Crippen MR) is 127 cm³/mol. The third-order valence-corrected chi connectivity index (χ3v) is 5.84. The number of phenols is 1. The van der Waals surface area contributed by atoms with Crippen molar-refractivity contribution in [2.75, 3.05) is 6.61 Å². The Morgan fingerprint density at radius 3 is 1.80 bits per heavy atom. The minimum absolute atomic E-state index is 0.224. The second-order valence-electron chi connectivity index (χ2n) is 8.68. The molecular formula is C27H46O3. The molecule has 3 heteroatoms. The number of unbranched alkanes of at least 4 members (excludes halogenated alkanes) is 14. The average molecular weight is 419 g/mol. The van der Waals surface area contributed by atoms with Crippen molar-refractivity contribution in [3.05, 3.63) is 29.3 Å². The average Bonchev–Trinajstić information content (AvgIpc) is 2.74. The summed E-state index contributed by atoms with van der Waals surface area (Å²) in [4.78, 5) is 12.5. The van der Waals surface area contributed by atoms with E-state index in [1.807, 2.05) is 0 Å². The molecule has 0 fully saturated rings. The van der Waals surface area contributed by atoms with Crippen LogP contribution in [0.25, 0.3) is 0 Å². The van der Waals surface area contributed by atoms with Gasteiger partial charge in [0.15, 0.2) is 0 Å². The standard InChI is InChI=1S/C27H46O3/c1-3-5-7-9-11-12-13-14-16-18-22-30-27(29)26-21-20-25(28)23-24(26)19-17-15-10-8-6-4-2/h20-21,23,28H,3-19,22H2,1-2H3. The lowest BCUT2D eigenvalue weighted by molar-refractivity contribution is 0.0496. The topological polar surface area (TPSA) is 46.5 Å². The predicted octanol–water partition coefficient (Wildman–Crippen LogP) is 8.37. The summed E-state index contributed by atoms with van der Waals surface area (Å²) in [6.07, 6.45) is 20.8. The molecule has 0 saturated carbocycles. The highest BCUT2D eigenvalue weighted by molar-refractivity contribution is 5.91. The summed E-state index contributed by atoms with van der Waals surface area (Å²) >= 11 is 0. The number of aromatic hydroxyl groups is 1. The largest absolute Gasteiger partial charge is 0.508 e. The molecule has 0 spiro atoms. The molecule has 0 radical (unpaired) electrons. The second-order valence-corrected chi connectivity index (χ2v) is 8.68. The van der Waals surface area contributed by atoms with Gasteiger partial charge in [-0.3, -0.25) is 0 Å². The molecule has 1 aromatic rings. The number of carbonyl (C=O) groups excluding carboxylic acids is 1. The first-order chi connectivity index (χ1) is 14.7. The van der Waals surface area contributed by atoms with E-state index in [1.165, 1.54) is 83.5 Å². The van der Waals surface area contributed by atoms with Gasteiger partial charge in [0.25, 0.3) is 0 Å². The van der Waals surface area contributed by atoms with E-state index >= 15 is 0 Å². The normalized spacial score (nSPS) is 11.0. The van der Waals surface area contributed by atoms with E-state index in [1.54, 1.807) is 18.2 Å². The van der Waals surface area contributed by atoms with Crippen molar-refractivity contribution < 1.29 is 14.6 Å². The molecule has 0 aliphatic rings. The van der Waals surface area contributed by atoms with Crippen LogP contribution in [0.1, 0.15) is 133 Å². The Bertz CT molecular complexity index is 553. The zero-order valence-electron chi connectivity index (χ0n) is 19.7. The van der Waals surface area contributed by atoms with Crippen molar-refractivity contribution in [3.8, 4) is 5.75 Å². The number of ether oxygens (including phenoxy) is 1. The number of phenolic OH excluding ortho intramolecular Hbond substituents is 1. The third-order valence-electron chi connectivity index (χ3n) is 5.84. The highest BCUT2D eigenvalue weighted by Crippen LogP contribution is 2.21. The van der Waals surface area contributed by atoms with Crippen LogP contribution in [0.15, 0.2) is 18.2 Å². The number of carbonyl (C=O) groups is 1. The van der Waals surface area contributed by atoms with Crippen LogP contribution < -0.4 is 0 Å². The molecule has 3 nitrogen and oxygen atoms in total. The summed E-state index contributed by atoms with van der Waals surface area (Å²) in [5, 5.41) is 9.82. The Morgan fingerprint density at radius 2 is 1.23 bits per heavy atom. The van der Waals surface area contributed by atoms with Crippen molar-refractivity contribution in [2.45, 2.75) is 123 Å². The van der Waals surface area contributed by atoms with E-state index < -0.39 is 0 Å². The van der Waals surface area contributed by atoms with E-state index in [0.29, 0.717) is 12.2 Å². The van der Waals surface area contributed by atoms with Crippen molar-refractivity contribution in [1.82, 2.24) is 0 Å². The van der Waals surface area contributed by atoms with E-state index in [0.717, 1.165) is 31.2 Å². The molecule has 1 rings (SSSR count). The number of hydrogen-bond donors (Lipinski definition) is 1. The molecule has 0 bridgehead atoms. The first-order valence-electron chi connectivity index (χ1n) is 12.7. The zero-order chi connectivity index (χ0) is 21.9. The Kier molecular flexibility index (Phi) is 16.2. The van der Waals surface area contributed by atoms with Crippen LogP contribution in [-0.4, -0.2) is 17.7 Å². The molecule has 0 aliphatic carbocycles. The fourth-order valence-corrected chi connectivity index (χ4v) is 3.91. The number of aryl methyl sites for hydroxylation is 1. The summed E-state index contributed by atoms with van der Waals surface area (Å²) in [6, 6.07) is 5.02. The van der Waals surface area contributed by atoms with Crippen molar-refractivity contribution >= 4 is 5.97 Å². The lowest BCUT2D eigenvalue weighted by atomic mass is 10.00. The maximum Gasteiger partial charge on any atom is 0.338 e. The number of hydrogen-bond acceptors (Lipinski definition) is 3.